The number of benzene rings is 2. The van der Waals surface area contributed by atoms with Crippen molar-refractivity contribution >= 4 is 17.6 Å². The maximum absolute atomic E-state index is 12.7. The van der Waals surface area contributed by atoms with Gasteiger partial charge in [0.1, 0.15) is 0 Å². The molecular formula is C20H21N2O7-. The molecule has 0 spiro atoms. The second kappa shape index (κ2) is 9.54. The lowest BCUT2D eigenvalue weighted by atomic mass is 10.0. The summed E-state index contributed by atoms with van der Waals surface area (Å²) >= 11 is 0. The van der Waals surface area contributed by atoms with Crippen LogP contribution in [0.15, 0.2) is 36.4 Å². The zero-order valence-electron chi connectivity index (χ0n) is 16.3. The Kier molecular flexibility index (Phi) is 7.13. The molecule has 0 unspecified atom stereocenters. The molecule has 0 saturated carbocycles. The highest BCUT2D eigenvalue weighted by atomic mass is 16.6. The number of carbonyl (C=O) groups is 2. The Labute approximate surface area is 167 Å². The minimum Gasteiger partial charge on any atom is -0.550 e. The summed E-state index contributed by atoms with van der Waals surface area (Å²) in [5.74, 6) is -1.13. The van der Waals surface area contributed by atoms with Crippen LogP contribution >= 0.6 is 0 Å². The van der Waals surface area contributed by atoms with Crippen molar-refractivity contribution in [2.24, 2.45) is 0 Å². The number of nitrogens with one attached hydrogen (secondary N) is 1. The normalized spacial score (nSPS) is 11.4. The number of hydrogen-bond acceptors (Lipinski definition) is 7. The quantitative estimate of drug-likeness (QED) is 0.502. The Hall–Kier alpha value is -3.62. The highest BCUT2D eigenvalue weighted by molar-refractivity contribution is 5.97. The van der Waals surface area contributed by atoms with Gasteiger partial charge in [0.05, 0.1) is 24.7 Å². The van der Waals surface area contributed by atoms with E-state index in [0.29, 0.717) is 23.7 Å². The molecule has 0 fully saturated rings. The van der Waals surface area contributed by atoms with E-state index in [2.05, 4.69) is 5.32 Å². The second-order valence-corrected chi connectivity index (χ2v) is 6.15. The van der Waals surface area contributed by atoms with Gasteiger partial charge >= 0.3 is 0 Å². The summed E-state index contributed by atoms with van der Waals surface area (Å²) in [6, 6.07) is 7.99. The Balaban J connectivity index is 2.37. The predicted octanol–water partition coefficient (Wildman–Crippen LogP) is 1.92. The fourth-order valence-corrected chi connectivity index (χ4v) is 2.90. The van der Waals surface area contributed by atoms with Gasteiger partial charge in [-0.3, -0.25) is 14.9 Å². The van der Waals surface area contributed by atoms with Gasteiger partial charge in [-0.05, 0) is 37.6 Å². The van der Waals surface area contributed by atoms with E-state index in [1.165, 1.54) is 32.2 Å². The molecule has 0 aliphatic carbocycles. The molecule has 0 aliphatic heterocycles. The van der Waals surface area contributed by atoms with Crippen LogP contribution in [0.25, 0.3) is 0 Å². The monoisotopic (exact) mass is 401 g/mol. The number of carboxylic acids is 1. The molecule has 0 heterocycles. The smallest absolute Gasteiger partial charge is 0.273 e. The number of ether oxygens (including phenoxy) is 2. The fraction of sp³-hybridized carbons (Fsp3) is 0.300. The molecule has 0 saturated heterocycles. The molecule has 0 radical (unpaired) electrons. The van der Waals surface area contributed by atoms with Crippen LogP contribution in [0, 0.1) is 17.0 Å². The Bertz CT molecular complexity index is 927. The summed E-state index contributed by atoms with van der Waals surface area (Å²) in [6.45, 7) is 3.69. The van der Waals surface area contributed by atoms with Crippen LogP contribution in [0.3, 0.4) is 0 Å². The first-order valence-corrected chi connectivity index (χ1v) is 8.83. The molecule has 1 atom stereocenters. The maximum atomic E-state index is 12.7. The van der Waals surface area contributed by atoms with E-state index in [1.54, 1.807) is 18.2 Å². The van der Waals surface area contributed by atoms with Crippen molar-refractivity contribution in [3.05, 3.63) is 63.2 Å². The SMILES string of the molecule is CCOc1ccc([C@H](CC(=O)[O-])NC(=O)c2cccc([N+](=O)[O-])c2C)cc1OC. The van der Waals surface area contributed by atoms with Gasteiger partial charge in [-0.1, -0.05) is 12.1 Å². The number of rotatable bonds is 9. The summed E-state index contributed by atoms with van der Waals surface area (Å²) in [4.78, 5) is 34.5. The molecule has 9 heteroatoms. The van der Waals surface area contributed by atoms with Crippen LogP contribution in [-0.2, 0) is 4.79 Å². The van der Waals surface area contributed by atoms with Crippen LogP contribution in [0.4, 0.5) is 5.69 Å². The molecule has 0 aromatic heterocycles. The van der Waals surface area contributed by atoms with Crippen molar-refractivity contribution in [2.45, 2.75) is 26.3 Å². The molecule has 29 heavy (non-hydrogen) atoms. The summed E-state index contributed by atoms with van der Waals surface area (Å²) in [5, 5.41) is 24.9. The summed E-state index contributed by atoms with van der Waals surface area (Å²) in [5.41, 5.74) is 0.537. The van der Waals surface area contributed by atoms with Gasteiger partial charge in [0.25, 0.3) is 11.6 Å². The highest BCUT2D eigenvalue weighted by Gasteiger charge is 2.22. The molecule has 0 aliphatic rings. The third-order valence-electron chi connectivity index (χ3n) is 4.31. The number of hydrogen-bond donors (Lipinski definition) is 1. The molecule has 2 rings (SSSR count). The molecule has 9 nitrogen and oxygen atoms in total. The first-order chi connectivity index (χ1) is 13.8. The number of carbonyl (C=O) groups excluding carboxylic acids is 2. The number of nitro benzene ring substituents is 1. The van der Waals surface area contributed by atoms with Gasteiger partial charge < -0.3 is 24.7 Å². The average Bonchev–Trinajstić information content (AvgIpc) is 2.67. The molecule has 2 aromatic carbocycles. The van der Waals surface area contributed by atoms with E-state index >= 15 is 0 Å². The van der Waals surface area contributed by atoms with Gasteiger partial charge in [0.2, 0.25) is 0 Å². The number of amides is 1. The van der Waals surface area contributed by atoms with Crippen molar-refractivity contribution in [1.82, 2.24) is 5.32 Å². The topological polar surface area (TPSA) is 131 Å². The lowest BCUT2D eigenvalue weighted by Crippen LogP contribution is -2.34. The van der Waals surface area contributed by atoms with Crippen LogP contribution in [0.5, 0.6) is 11.5 Å². The summed E-state index contributed by atoms with van der Waals surface area (Å²) in [7, 11) is 1.44. The number of nitro groups is 1. The standard InChI is InChI=1S/C20H22N2O7/c1-4-29-17-9-8-13(10-18(17)28-3)15(11-19(23)24)21-20(25)14-6-5-7-16(12(14)2)22(26)27/h5-10,15H,4,11H2,1-3H3,(H,21,25)(H,23,24)/p-1/t15-/m0/s1. The first kappa shape index (κ1) is 21.7. The third kappa shape index (κ3) is 5.22. The Morgan fingerprint density at radius 2 is 1.93 bits per heavy atom. The zero-order valence-corrected chi connectivity index (χ0v) is 16.3. The predicted molar refractivity (Wildman–Crippen MR) is 102 cm³/mol. The number of nitrogens with zero attached hydrogens (tertiary/aromatic N) is 1. The number of aliphatic carboxylic acids is 1. The zero-order chi connectivity index (χ0) is 21.6. The molecule has 2 aromatic rings. The molecule has 1 amide bonds. The fourth-order valence-electron chi connectivity index (χ4n) is 2.90. The highest BCUT2D eigenvalue weighted by Crippen LogP contribution is 2.31. The van der Waals surface area contributed by atoms with Crippen molar-refractivity contribution in [3.63, 3.8) is 0 Å². The molecule has 0 bridgehead atoms. The third-order valence-corrected chi connectivity index (χ3v) is 4.31. The minimum absolute atomic E-state index is 0.0837. The lowest BCUT2D eigenvalue weighted by molar-refractivity contribution is -0.385. The van der Waals surface area contributed by atoms with Crippen LogP contribution in [0.1, 0.15) is 40.9 Å². The Morgan fingerprint density at radius 3 is 2.52 bits per heavy atom. The van der Waals surface area contributed by atoms with E-state index in [1.807, 2.05) is 6.92 Å². The Morgan fingerprint density at radius 1 is 1.21 bits per heavy atom. The van der Waals surface area contributed by atoms with Gasteiger partial charge in [0.15, 0.2) is 11.5 Å². The van der Waals surface area contributed by atoms with Crippen LogP contribution < -0.4 is 19.9 Å². The average molecular weight is 401 g/mol. The van der Waals surface area contributed by atoms with Crippen molar-refractivity contribution < 1.29 is 29.1 Å². The largest absolute Gasteiger partial charge is 0.550 e. The van der Waals surface area contributed by atoms with Gasteiger partial charge in [-0.25, -0.2) is 0 Å². The van der Waals surface area contributed by atoms with Crippen molar-refractivity contribution in [2.75, 3.05) is 13.7 Å². The van der Waals surface area contributed by atoms with Crippen LogP contribution in [-0.4, -0.2) is 30.5 Å². The molecule has 1 N–H and O–H groups in total. The van der Waals surface area contributed by atoms with E-state index in [-0.39, 0.29) is 16.8 Å². The minimum atomic E-state index is -1.36. The van der Waals surface area contributed by atoms with Gasteiger partial charge in [-0.15, -0.1) is 0 Å². The first-order valence-electron chi connectivity index (χ1n) is 8.83. The maximum Gasteiger partial charge on any atom is 0.273 e. The van der Waals surface area contributed by atoms with Crippen LogP contribution in [0.2, 0.25) is 0 Å². The number of methoxy groups -OCH3 is 1. The summed E-state index contributed by atoms with van der Waals surface area (Å²) in [6.07, 6.45) is -0.489. The number of carboxylic acid groups (broad SMARTS) is 1. The van der Waals surface area contributed by atoms with Gasteiger partial charge in [-0.2, -0.15) is 0 Å². The van der Waals surface area contributed by atoms with E-state index in [0.717, 1.165) is 0 Å². The van der Waals surface area contributed by atoms with E-state index in [4.69, 9.17) is 9.47 Å². The summed E-state index contributed by atoms with van der Waals surface area (Å²) < 4.78 is 10.7. The molecule has 154 valence electrons. The van der Waals surface area contributed by atoms with Crippen molar-refractivity contribution in [1.29, 1.82) is 0 Å². The molecular weight excluding hydrogens is 380 g/mol. The second-order valence-electron chi connectivity index (χ2n) is 6.15. The van der Waals surface area contributed by atoms with Crippen molar-refractivity contribution in [3.8, 4) is 11.5 Å². The van der Waals surface area contributed by atoms with Gasteiger partial charge in [0, 0.05) is 29.6 Å². The lowest BCUT2D eigenvalue weighted by Gasteiger charge is -2.21. The van der Waals surface area contributed by atoms with E-state index in [9.17, 15) is 24.8 Å². The van der Waals surface area contributed by atoms with E-state index < -0.39 is 29.3 Å².